The summed E-state index contributed by atoms with van der Waals surface area (Å²) < 4.78 is 11.3. The lowest BCUT2D eigenvalue weighted by molar-refractivity contribution is 0.0343. The van der Waals surface area contributed by atoms with Crippen molar-refractivity contribution in [2.45, 2.75) is 13.8 Å². The molecule has 2 rings (SSSR count). The number of primary amides is 1. The van der Waals surface area contributed by atoms with Crippen LogP contribution in [-0.4, -0.2) is 26.2 Å². The first kappa shape index (κ1) is 12.1. The molecule has 0 unspecified atom stereocenters. The fourth-order valence-electron chi connectivity index (χ4n) is 1.69. The van der Waals surface area contributed by atoms with Crippen LogP contribution >= 0.6 is 0 Å². The second-order valence-electron chi connectivity index (χ2n) is 5.10. The summed E-state index contributed by atoms with van der Waals surface area (Å²) in [6.45, 7) is 5.52. The van der Waals surface area contributed by atoms with Crippen molar-refractivity contribution in [2.24, 2.45) is 11.1 Å². The molecule has 0 radical (unpaired) electrons. The smallest absolute Gasteiger partial charge is 0.407 e. The molecule has 2 N–H and O–H groups in total. The van der Waals surface area contributed by atoms with Crippen LogP contribution in [0.15, 0.2) is 24.3 Å². The zero-order chi connectivity index (χ0) is 12.5. The van der Waals surface area contributed by atoms with E-state index in [1.54, 1.807) is 12.1 Å². The molecule has 1 aliphatic heterocycles. The monoisotopic (exact) mass is 233 g/mol. The van der Waals surface area contributed by atoms with Gasteiger partial charge in [0.25, 0.3) is 0 Å². The second-order valence-corrected chi connectivity index (χ2v) is 5.10. The Labute approximate surface area is 101 Å². The number of nitrogens with two attached hydrogens (primary N) is 1. The lowest BCUT2D eigenvalue weighted by atomic mass is 9.76. The molecule has 0 bridgehead atoms. The average Bonchev–Trinajstić information content (AvgIpc) is 2.29. The van der Waals surface area contributed by atoms with Crippen molar-refractivity contribution in [2.75, 3.05) is 13.2 Å². The summed E-state index contributed by atoms with van der Waals surface area (Å²) in [5.74, 6) is -0.428. The Bertz CT molecular complexity index is 406. The maximum atomic E-state index is 10.9. The molecule has 1 aromatic carbocycles. The van der Waals surface area contributed by atoms with Gasteiger partial charge in [-0.1, -0.05) is 26.0 Å². The summed E-state index contributed by atoms with van der Waals surface area (Å²) in [4.78, 5) is 10.9. The zero-order valence-electron chi connectivity index (χ0n) is 10.1. The second kappa shape index (κ2) is 4.51. The van der Waals surface area contributed by atoms with E-state index in [2.05, 4.69) is 13.8 Å². The molecule has 0 spiro atoms. The number of benzene rings is 1. The van der Waals surface area contributed by atoms with Crippen LogP contribution in [0.25, 0.3) is 0 Å². The van der Waals surface area contributed by atoms with E-state index in [1.807, 2.05) is 12.1 Å². The van der Waals surface area contributed by atoms with Gasteiger partial charge in [0.1, 0.15) is 0 Å². The number of hydrogen-bond donors (Lipinski definition) is 1. The van der Waals surface area contributed by atoms with Crippen LogP contribution in [0.3, 0.4) is 0 Å². The highest BCUT2D eigenvalue weighted by Crippen LogP contribution is 2.21. The van der Waals surface area contributed by atoms with E-state index in [0.717, 1.165) is 5.46 Å². The Morgan fingerprint density at radius 1 is 1.24 bits per heavy atom. The summed E-state index contributed by atoms with van der Waals surface area (Å²) in [7, 11) is -0.343. The van der Waals surface area contributed by atoms with Gasteiger partial charge in [-0.3, -0.25) is 4.79 Å². The molecule has 1 aliphatic rings. The topological polar surface area (TPSA) is 61.5 Å². The molecule has 1 saturated heterocycles. The van der Waals surface area contributed by atoms with Gasteiger partial charge >= 0.3 is 7.12 Å². The standard InChI is InChI=1S/C12H16BNO3/c1-12(2)7-16-13(17-8-12)10-5-3-9(4-6-10)11(14)15/h3-6H,7-8H2,1-2H3,(H2,14,15). The molecule has 17 heavy (non-hydrogen) atoms. The SMILES string of the molecule is CC1(C)COB(c2ccc(C(N)=O)cc2)OC1. The van der Waals surface area contributed by atoms with Gasteiger partial charge < -0.3 is 15.0 Å². The van der Waals surface area contributed by atoms with Gasteiger partial charge in [0.15, 0.2) is 0 Å². The van der Waals surface area contributed by atoms with Crippen LogP contribution in [0, 0.1) is 5.41 Å². The lowest BCUT2D eigenvalue weighted by Crippen LogP contribution is -2.47. The minimum atomic E-state index is -0.428. The first-order valence-corrected chi connectivity index (χ1v) is 5.61. The highest BCUT2D eigenvalue weighted by Gasteiger charge is 2.33. The zero-order valence-corrected chi connectivity index (χ0v) is 10.1. The van der Waals surface area contributed by atoms with Crippen molar-refractivity contribution < 1.29 is 14.1 Å². The van der Waals surface area contributed by atoms with Crippen LogP contribution in [0.1, 0.15) is 24.2 Å². The highest BCUT2D eigenvalue weighted by molar-refractivity contribution is 6.61. The Kier molecular flexibility index (Phi) is 3.22. The van der Waals surface area contributed by atoms with Crippen molar-refractivity contribution in [3.05, 3.63) is 29.8 Å². The molecule has 1 aromatic rings. The fourth-order valence-corrected chi connectivity index (χ4v) is 1.69. The van der Waals surface area contributed by atoms with E-state index < -0.39 is 5.91 Å². The van der Waals surface area contributed by atoms with E-state index in [1.165, 1.54) is 0 Å². The predicted molar refractivity (Wildman–Crippen MR) is 66.0 cm³/mol. The predicted octanol–water partition coefficient (Wildman–Crippen LogP) is 0.554. The largest absolute Gasteiger partial charge is 0.493 e. The molecule has 1 amide bonds. The van der Waals surface area contributed by atoms with Gasteiger partial charge in [0, 0.05) is 24.2 Å². The summed E-state index contributed by atoms with van der Waals surface area (Å²) in [5, 5.41) is 0. The Hall–Kier alpha value is -1.33. The van der Waals surface area contributed by atoms with Crippen molar-refractivity contribution in [1.82, 2.24) is 0 Å². The van der Waals surface area contributed by atoms with Crippen LogP contribution < -0.4 is 11.2 Å². The average molecular weight is 233 g/mol. The van der Waals surface area contributed by atoms with Gasteiger partial charge in [0.05, 0.1) is 0 Å². The maximum Gasteiger partial charge on any atom is 0.493 e. The number of rotatable bonds is 2. The van der Waals surface area contributed by atoms with E-state index in [0.29, 0.717) is 18.8 Å². The van der Waals surface area contributed by atoms with E-state index in [-0.39, 0.29) is 12.5 Å². The van der Waals surface area contributed by atoms with Crippen molar-refractivity contribution in [1.29, 1.82) is 0 Å². The van der Waals surface area contributed by atoms with E-state index >= 15 is 0 Å². The molecule has 5 heteroatoms. The number of amides is 1. The molecule has 90 valence electrons. The molecule has 0 aromatic heterocycles. The third-order valence-electron chi connectivity index (χ3n) is 2.72. The van der Waals surface area contributed by atoms with Crippen molar-refractivity contribution >= 4 is 18.5 Å². The van der Waals surface area contributed by atoms with Crippen molar-refractivity contribution in [3.63, 3.8) is 0 Å². The molecular weight excluding hydrogens is 217 g/mol. The molecule has 4 nitrogen and oxygen atoms in total. The van der Waals surface area contributed by atoms with Crippen molar-refractivity contribution in [3.8, 4) is 0 Å². The first-order valence-electron chi connectivity index (χ1n) is 5.61. The number of hydrogen-bond acceptors (Lipinski definition) is 3. The number of carbonyl (C=O) groups is 1. The van der Waals surface area contributed by atoms with Gasteiger partial charge in [-0.2, -0.15) is 0 Å². The third-order valence-corrected chi connectivity index (χ3v) is 2.72. The minimum absolute atomic E-state index is 0.0592. The molecule has 1 heterocycles. The van der Waals surface area contributed by atoms with Gasteiger partial charge in [-0.25, -0.2) is 0 Å². The molecule has 0 atom stereocenters. The molecule has 1 fully saturated rings. The highest BCUT2D eigenvalue weighted by atomic mass is 16.6. The fraction of sp³-hybridized carbons (Fsp3) is 0.417. The lowest BCUT2D eigenvalue weighted by Gasteiger charge is -2.33. The van der Waals surface area contributed by atoms with Crippen LogP contribution in [0.2, 0.25) is 0 Å². The molecule has 0 aliphatic carbocycles. The van der Waals surface area contributed by atoms with Gasteiger partial charge in [0.2, 0.25) is 5.91 Å². The van der Waals surface area contributed by atoms with E-state index in [4.69, 9.17) is 15.0 Å². The third kappa shape index (κ3) is 2.87. The van der Waals surface area contributed by atoms with Crippen LogP contribution in [-0.2, 0) is 9.31 Å². The summed E-state index contributed by atoms with van der Waals surface area (Å²) in [6.07, 6.45) is 0. The summed E-state index contributed by atoms with van der Waals surface area (Å²) in [5.41, 5.74) is 6.63. The van der Waals surface area contributed by atoms with Gasteiger partial charge in [-0.15, -0.1) is 0 Å². The van der Waals surface area contributed by atoms with Gasteiger partial charge in [-0.05, 0) is 17.6 Å². The van der Waals surface area contributed by atoms with Crippen LogP contribution in [0.4, 0.5) is 0 Å². The Morgan fingerprint density at radius 3 is 2.24 bits per heavy atom. The Balaban J connectivity index is 2.06. The summed E-state index contributed by atoms with van der Waals surface area (Å²) in [6, 6.07) is 6.99. The molecular formula is C12H16BNO3. The number of carbonyl (C=O) groups excluding carboxylic acids is 1. The molecule has 0 saturated carbocycles. The Morgan fingerprint density at radius 2 is 1.76 bits per heavy atom. The summed E-state index contributed by atoms with van der Waals surface area (Å²) >= 11 is 0. The normalized spacial score (nSPS) is 19.1. The van der Waals surface area contributed by atoms with Crippen LogP contribution in [0.5, 0.6) is 0 Å². The van der Waals surface area contributed by atoms with E-state index in [9.17, 15) is 4.79 Å². The first-order chi connectivity index (χ1) is 7.98. The maximum absolute atomic E-state index is 10.9. The minimum Gasteiger partial charge on any atom is -0.407 e. The quantitative estimate of drug-likeness (QED) is 0.759.